The van der Waals surface area contributed by atoms with E-state index >= 15 is 0 Å². The molecule has 0 atom stereocenters. The molecule has 0 aliphatic rings. The van der Waals surface area contributed by atoms with Crippen molar-refractivity contribution in [3.05, 3.63) is 28.3 Å². The number of alkyl halides is 1. The first-order chi connectivity index (χ1) is 9.34. The lowest BCUT2D eigenvalue weighted by Crippen LogP contribution is -2.28. The average Bonchev–Trinajstić information content (AvgIpc) is 2.43. The molecule has 9 heteroatoms. The van der Waals surface area contributed by atoms with Gasteiger partial charge in [0.1, 0.15) is 0 Å². The van der Waals surface area contributed by atoms with Gasteiger partial charge < -0.3 is 4.74 Å². The summed E-state index contributed by atoms with van der Waals surface area (Å²) < 4.78 is 30.5. The molecule has 0 saturated carbocycles. The van der Waals surface area contributed by atoms with Gasteiger partial charge in [-0.2, -0.15) is 0 Å². The third-order valence-corrected chi connectivity index (χ3v) is 5.08. The number of methoxy groups -OCH3 is 1. The second kappa shape index (κ2) is 7.00. The number of ether oxygens (including phenoxy) is 1. The van der Waals surface area contributed by atoms with Gasteiger partial charge in [-0.15, -0.1) is 0 Å². The van der Waals surface area contributed by atoms with Crippen LogP contribution in [0.2, 0.25) is 0 Å². The van der Waals surface area contributed by atoms with Crippen LogP contribution in [0.1, 0.15) is 6.42 Å². The molecule has 0 heterocycles. The standard InChI is InChI=1S/C11H15BrN2O5S/c1-13(7-3-6-12)20(17,18)9-4-5-11(19-2)10(8-9)14(15)16/h4-5,8H,3,6-7H2,1-2H3. The van der Waals surface area contributed by atoms with Crippen LogP contribution in [0.25, 0.3) is 0 Å². The Labute approximate surface area is 125 Å². The summed E-state index contributed by atoms with van der Waals surface area (Å²) in [6, 6.07) is 3.59. The first kappa shape index (κ1) is 16.9. The van der Waals surface area contributed by atoms with E-state index in [2.05, 4.69) is 15.9 Å². The van der Waals surface area contributed by atoms with Crippen molar-refractivity contribution in [3.63, 3.8) is 0 Å². The lowest BCUT2D eigenvalue weighted by atomic mass is 10.3. The molecule has 0 aliphatic carbocycles. The fourth-order valence-corrected chi connectivity index (χ4v) is 3.04. The number of hydrogen-bond acceptors (Lipinski definition) is 5. The second-order valence-corrected chi connectivity index (χ2v) is 6.80. The number of nitro groups is 1. The molecule has 0 bridgehead atoms. The van der Waals surface area contributed by atoms with Gasteiger partial charge in [-0.3, -0.25) is 10.1 Å². The lowest BCUT2D eigenvalue weighted by Gasteiger charge is -2.16. The number of halogens is 1. The molecule has 0 unspecified atom stereocenters. The summed E-state index contributed by atoms with van der Waals surface area (Å²) in [5.74, 6) is 0.0251. The number of nitrogens with zero attached hydrogens (tertiary/aromatic N) is 2. The summed E-state index contributed by atoms with van der Waals surface area (Å²) in [7, 11) is -1.01. The first-order valence-electron chi connectivity index (χ1n) is 5.69. The number of hydrogen-bond donors (Lipinski definition) is 0. The largest absolute Gasteiger partial charge is 0.490 e. The fourth-order valence-electron chi connectivity index (χ4n) is 1.56. The van der Waals surface area contributed by atoms with Gasteiger partial charge in [-0.1, -0.05) is 15.9 Å². The Bertz CT molecular complexity index is 590. The van der Waals surface area contributed by atoms with E-state index in [-0.39, 0.29) is 16.3 Å². The van der Waals surface area contributed by atoms with E-state index in [1.807, 2.05) is 0 Å². The normalized spacial score (nSPS) is 11.6. The Balaban J connectivity index is 3.19. The Hall–Kier alpha value is -1.19. The van der Waals surface area contributed by atoms with Crippen LogP contribution in [0.5, 0.6) is 5.75 Å². The summed E-state index contributed by atoms with van der Waals surface area (Å²) in [6.45, 7) is 0.327. The summed E-state index contributed by atoms with van der Waals surface area (Å²) in [5.41, 5.74) is -0.373. The number of rotatable bonds is 7. The monoisotopic (exact) mass is 366 g/mol. The van der Waals surface area contributed by atoms with Crippen LogP contribution in [0.3, 0.4) is 0 Å². The third-order valence-electron chi connectivity index (χ3n) is 2.66. The first-order valence-corrected chi connectivity index (χ1v) is 8.25. The summed E-state index contributed by atoms with van der Waals surface area (Å²) in [4.78, 5) is 10.1. The van der Waals surface area contributed by atoms with Crippen molar-refractivity contribution in [2.45, 2.75) is 11.3 Å². The lowest BCUT2D eigenvalue weighted by molar-refractivity contribution is -0.386. The quantitative estimate of drug-likeness (QED) is 0.418. The topological polar surface area (TPSA) is 89.8 Å². The van der Waals surface area contributed by atoms with Crippen molar-refractivity contribution in [1.29, 1.82) is 0 Å². The molecule has 0 N–H and O–H groups in total. The minimum atomic E-state index is -3.74. The summed E-state index contributed by atoms with van der Waals surface area (Å²) in [5, 5.41) is 11.6. The SMILES string of the molecule is COc1ccc(S(=O)(=O)N(C)CCCBr)cc1[N+](=O)[O-]. The highest BCUT2D eigenvalue weighted by Crippen LogP contribution is 2.30. The average molecular weight is 367 g/mol. The van der Waals surface area contributed by atoms with Gasteiger partial charge in [0, 0.05) is 25.0 Å². The van der Waals surface area contributed by atoms with Crippen LogP contribution in [0.4, 0.5) is 5.69 Å². The minimum absolute atomic E-state index is 0.0251. The van der Waals surface area contributed by atoms with Gasteiger partial charge in [0.25, 0.3) is 0 Å². The molecule has 0 saturated heterocycles. The Morgan fingerprint density at radius 3 is 2.60 bits per heavy atom. The molecule has 7 nitrogen and oxygen atoms in total. The highest BCUT2D eigenvalue weighted by molar-refractivity contribution is 9.09. The molecular weight excluding hydrogens is 352 g/mol. The fraction of sp³-hybridized carbons (Fsp3) is 0.455. The van der Waals surface area contributed by atoms with Gasteiger partial charge in [0.15, 0.2) is 5.75 Å². The van der Waals surface area contributed by atoms with E-state index in [0.717, 1.165) is 6.07 Å². The highest BCUT2D eigenvalue weighted by Gasteiger charge is 2.25. The maximum Gasteiger partial charge on any atom is 0.312 e. The van der Waals surface area contributed by atoms with Gasteiger partial charge in [0.2, 0.25) is 10.0 Å². The van der Waals surface area contributed by atoms with Crippen LogP contribution >= 0.6 is 15.9 Å². The molecule has 112 valence electrons. The molecule has 0 aromatic heterocycles. The maximum absolute atomic E-state index is 12.3. The smallest absolute Gasteiger partial charge is 0.312 e. The van der Waals surface area contributed by atoms with Crippen molar-refractivity contribution in [2.24, 2.45) is 0 Å². The Morgan fingerprint density at radius 1 is 1.45 bits per heavy atom. The van der Waals surface area contributed by atoms with E-state index in [1.165, 1.54) is 30.6 Å². The van der Waals surface area contributed by atoms with E-state index in [0.29, 0.717) is 18.3 Å². The van der Waals surface area contributed by atoms with Crippen LogP contribution < -0.4 is 4.74 Å². The molecule has 1 aromatic carbocycles. The van der Waals surface area contributed by atoms with Crippen LogP contribution in [-0.4, -0.2) is 43.7 Å². The number of nitro benzene ring substituents is 1. The number of sulfonamides is 1. The van der Waals surface area contributed by atoms with E-state index in [4.69, 9.17) is 4.74 Å². The molecule has 1 aromatic rings. The van der Waals surface area contributed by atoms with E-state index in [1.54, 1.807) is 0 Å². The molecule has 0 fully saturated rings. The molecular formula is C11H15BrN2O5S. The van der Waals surface area contributed by atoms with Gasteiger partial charge >= 0.3 is 5.69 Å². The van der Waals surface area contributed by atoms with Gasteiger partial charge in [0.05, 0.1) is 16.9 Å². The van der Waals surface area contributed by atoms with E-state index < -0.39 is 14.9 Å². The van der Waals surface area contributed by atoms with Crippen molar-refractivity contribution in [1.82, 2.24) is 4.31 Å². The van der Waals surface area contributed by atoms with Crippen molar-refractivity contribution < 1.29 is 18.1 Å². The third kappa shape index (κ3) is 3.68. The van der Waals surface area contributed by atoms with Crippen LogP contribution in [0.15, 0.2) is 23.1 Å². The zero-order valence-corrected chi connectivity index (χ0v) is 13.5. The van der Waals surface area contributed by atoms with Gasteiger partial charge in [-0.05, 0) is 18.6 Å². The highest BCUT2D eigenvalue weighted by atomic mass is 79.9. The molecule has 20 heavy (non-hydrogen) atoms. The second-order valence-electron chi connectivity index (χ2n) is 3.96. The molecule has 0 spiro atoms. The Kier molecular flexibility index (Phi) is 5.90. The molecule has 0 aliphatic heterocycles. The molecule has 0 radical (unpaired) electrons. The maximum atomic E-state index is 12.3. The number of benzene rings is 1. The zero-order chi connectivity index (χ0) is 15.3. The Morgan fingerprint density at radius 2 is 2.10 bits per heavy atom. The van der Waals surface area contributed by atoms with Crippen molar-refractivity contribution in [3.8, 4) is 5.75 Å². The zero-order valence-electron chi connectivity index (χ0n) is 11.1. The van der Waals surface area contributed by atoms with E-state index in [9.17, 15) is 18.5 Å². The van der Waals surface area contributed by atoms with Crippen LogP contribution in [-0.2, 0) is 10.0 Å². The summed E-state index contributed by atoms with van der Waals surface area (Å²) in [6.07, 6.45) is 0.647. The van der Waals surface area contributed by atoms with Gasteiger partial charge in [-0.25, -0.2) is 12.7 Å². The van der Waals surface area contributed by atoms with Crippen LogP contribution in [0, 0.1) is 10.1 Å². The molecule has 0 amide bonds. The predicted octanol–water partition coefficient (Wildman–Crippen LogP) is 2.01. The molecule has 1 rings (SSSR count). The van der Waals surface area contributed by atoms with Crippen molar-refractivity contribution in [2.75, 3.05) is 26.0 Å². The summed E-state index contributed by atoms with van der Waals surface area (Å²) >= 11 is 3.22. The minimum Gasteiger partial charge on any atom is -0.490 e. The van der Waals surface area contributed by atoms with Crippen molar-refractivity contribution >= 4 is 31.6 Å². The predicted molar refractivity (Wildman–Crippen MR) is 77.9 cm³/mol.